The normalized spacial score (nSPS) is 11.3. The van der Waals surface area contributed by atoms with Gasteiger partial charge in [0.05, 0.1) is 17.8 Å². The minimum absolute atomic E-state index is 0.623. The Bertz CT molecular complexity index is 2330. The van der Waals surface area contributed by atoms with Gasteiger partial charge in [0.25, 0.3) is 0 Å². The maximum atomic E-state index is 7.41. The summed E-state index contributed by atoms with van der Waals surface area (Å²) in [6.45, 7) is 7.41. The quantitative estimate of drug-likeness (QED) is 0.167. The number of fused-ring (bicyclic) bond motifs is 8. The first-order chi connectivity index (χ1) is 20.8. The second-order valence-corrected chi connectivity index (χ2v) is 10.5. The average Bonchev–Trinajstić information content (AvgIpc) is 3.08. The molecule has 0 saturated carbocycles. The predicted molar refractivity (Wildman–Crippen MR) is 175 cm³/mol. The number of hydrogen-bond acceptors (Lipinski definition) is 2. The Morgan fingerprint density at radius 1 is 0.476 bits per heavy atom. The van der Waals surface area contributed by atoms with Crippen molar-refractivity contribution in [3.05, 3.63) is 151 Å². The lowest BCUT2D eigenvalue weighted by atomic mass is 9.88. The van der Waals surface area contributed by atoms with Gasteiger partial charge in [-0.1, -0.05) is 109 Å². The van der Waals surface area contributed by atoms with Crippen LogP contribution in [0.25, 0.3) is 81.6 Å². The van der Waals surface area contributed by atoms with Crippen LogP contribution in [0.15, 0.2) is 140 Å². The van der Waals surface area contributed by atoms with Gasteiger partial charge < -0.3 is 0 Å². The molecule has 0 bridgehead atoms. The number of rotatable bonds is 3. The monoisotopic (exact) mass is 533 g/mol. The van der Waals surface area contributed by atoms with Gasteiger partial charge in [-0.2, -0.15) is 0 Å². The lowest BCUT2D eigenvalue weighted by Crippen LogP contribution is -1.93. The highest BCUT2D eigenvalue weighted by Gasteiger charge is 2.18. The Balaban J connectivity index is 1.43. The zero-order valence-electron chi connectivity index (χ0n) is 22.6. The molecule has 8 aromatic rings. The molecule has 6 aromatic carbocycles. The number of nitrogens with zero attached hydrogens (tertiary/aromatic N) is 3. The van der Waals surface area contributed by atoms with Gasteiger partial charge in [-0.25, -0.2) is 9.83 Å². The standard InChI is InChI=1S/C39H23N3/c1-40-30-19-16-27(17-20-30)39-38-33-21-18-28(25-12-14-26(15-13-25)29-7-6-22-41-24-29)23-35(33)31-8-2-3-9-32(31)37(38)34-10-4-5-11-36(34)42-39/h2-24H. The van der Waals surface area contributed by atoms with Crippen molar-refractivity contribution >= 4 is 48.9 Å². The molecule has 0 unspecified atom stereocenters. The fourth-order valence-electron chi connectivity index (χ4n) is 6.15. The summed E-state index contributed by atoms with van der Waals surface area (Å²) in [4.78, 5) is 13.1. The molecule has 194 valence electrons. The third kappa shape index (κ3) is 3.82. The molecule has 0 aliphatic heterocycles. The van der Waals surface area contributed by atoms with E-state index in [1.165, 1.54) is 38.1 Å². The zero-order chi connectivity index (χ0) is 28.0. The molecule has 8 rings (SSSR count). The molecule has 3 nitrogen and oxygen atoms in total. The minimum atomic E-state index is 0.623. The van der Waals surface area contributed by atoms with Gasteiger partial charge in [0, 0.05) is 28.6 Å². The van der Waals surface area contributed by atoms with Crippen LogP contribution in [0.3, 0.4) is 0 Å². The van der Waals surface area contributed by atoms with E-state index < -0.39 is 0 Å². The van der Waals surface area contributed by atoms with Crippen molar-refractivity contribution in [3.63, 3.8) is 0 Å². The SMILES string of the molecule is [C-]#[N+]c1ccc(-c2nc3ccccc3c3c4ccccc4c4cc(-c5ccc(-c6cccnc6)cc5)ccc4c23)cc1. The van der Waals surface area contributed by atoms with Crippen molar-refractivity contribution in [3.8, 4) is 33.5 Å². The second-order valence-electron chi connectivity index (χ2n) is 10.5. The Hall–Kier alpha value is -5.85. The van der Waals surface area contributed by atoms with Crippen LogP contribution >= 0.6 is 0 Å². The molecule has 2 aromatic heterocycles. The first kappa shape index (κ1) is 24.0. The number of benzene rings is 6. The van der Waals surface area contributed by atoms with E-state index in [9.17, 15) is 0 Å². The highest BCUT2D eigenvalue weighted by molar-refractivity contribution is 6.33. The van der Waals surface area contributed by atoms with Crippen molar-refractivity contribution in [2.24, 2.45) is 0 Å². The number of pyridine rings is 2. The van der Waals surface area contributed by atoms with Gasteiger partial charge in [-0.15, -0.1) is 0 Å². The highest BCUT2D eigenvalue weighted by atomic mass is 14.7. The van der Waals surface area contributed by atoms with Crippen LogP contribution in [0.2, 0.25) is 0 Å². The van der Waals surface area contributed by atoms with Gasteiger partial charge in [0.15, 0.2) is 5.69 Å². The Morgan fingerprint density at radius 2 is 1.12 bits per heavy atom. The summed E-state index contributed by atoms with van der Waals surface area (Å²) in [5.74, 6) is 0. The van der Waals surface area contributed by atoms with Gasteiger partial charge in [0.1, 0.15) is 0 Å². The van der Waals surface area contributed by atoms with Crippen LogP contribution in [0.5, 0.6) is 0 Å². The Morgan fingerprint density at radius 3 is 1.86 bits per heavy atom. The van der Waals surface area contributed by atoms with Gasteiger partial charge >= 0.3 is 0 Å². The van der Waals surface area contributed by atoms with Crippen molar-refractivity contribution in [1.29, 1.82) is 0 Å². The summed E-state index contributed by atoms with van der Waals surface area (Å²) in [7, 11) is 0. The summed E-state index contributed by atoms with van der Waals surface area (Å²) in [5.41, 5.74) is 8.12. The topological polar surface area (TPSA) is 30.1 Å². The molecule has 0 atom stereocenters. The van der Waals surface area contributed by atoms with Gasteiger partial charge in [0.2, 0.25) is 0 Å². The smallest absolute Gasteiger partial charge is 0.187 e. The summed E-state index contributed by atoms with van der Waals surface area (Å²) >= 11 is 0. The number of hydrogen-bond donors (Lipinski definition) is 0. The Kier molecular flexibility index (Phi) is 5.52. The molecule has 0 amide bonds. The maximum Gasteiger partial charge on any atom is 0.187 e. The molecule has 0 aliphatic carbocycles. The first-order valence-corrected chi connectivity index (χ1v) is 13.9. The van der Waals surface area contributed by atoms with Crippen molar-refractivity contribution < 1.29 is 0 Å². The molecular weight excluding hydrogens is 510 g/mol. The molecule has 0 radical (unpaired) electrons. The van der Waals surface area contributed by atoms with Crippen LogP contribution in [0.1, 0.15) is 0 Å². The van der Waals surface area contributed by atoms with Crippen LogP contribution in [-0.4, -0.2) is 9.97 Å². The summed E-state index contributed by atoms with van der Waals surface area (Å²) < 4.78 is 0. The summed E-state index contributed by atoms with van der Waals surface area (Å²) in [6.07, 6.45) is 3.69. The molecular formula is C39H23N3. The molecule has 0 spiro atoms. The van der Waals surface area contributed by atoms with Crippen LogP contribution in [0, 0.1) is 6.57 Å². The fraction of sp³-hybridized carbons (Fsp3) is 0. The lowest BCUT2D eigenvalue weighted by Gasteiger charge is -2.17. The maximum absolute atomic E-state index is 7.41. The number of para-hydroxylation sites is 1. The third-order valence-electron chi connectivity index (χ3n) is 8.15. The van der Waals surface area contributed by atoms with Crippen molar-refractivity contribution in [2.75, 3.05) is 0 Å². The largest absolute Gasteiger partial charge is 0.264 e. The van der Waals surface area contributed by atoms with E-state index in [1.54, 1.807) is 6.20 Å². The van der Waals surface area contributed by atoms with E-state index in [4.69, 9.17) is 11.6 Å². The molecule has 0 fully saturated rings. The van der Waals surface area contributed by atoms with Crippen LogP contribution in [-0.2, 0) is 0 Å². The van der Waals surface area contributed by atoms with Crippen LogP contribution in [0.4, 0.5) is 5.69 Å². The van der Waals surface area contributed by atoms with Gasteiger partial charge in [-0.3, -0.25) is 4.98 Å². The van der Waals surface area contributed by atoms with Gasteiger partial charge in [-0.05, 0) is 67.6 Å². The van der Waals surface area contributed by atoms with E-state index in [0.717, 1.165) is 38.7 Å². The molecule has 0 saturated heterocycles. The summed E-state index contributed by atoms with van der Waals surface area (Å²) in [5, 5.41) is 8.28. The van der Waals surface area contributed by atoms with E-state index in [-0.39, 0.29) is 0 Å². The third-order valence-corrected chi connectivity index (χ3v) is 8.15. The molecule has 3 heteroatoms. The highest BCUT2D eigenvalue weighted by Crippen LogP contribution is 2.43. The molecule has 2 heterocycles. The Labute approximate surface area is 243 Å². The lowest BCUT2D eigenvalue weighted by molar-refractivity contribution is 1.33. The molecule has 0 N–H and O–H groups in total. The minimum Gasteiger partial charge on any atom is -0.264 e. The zero-order valence-corrected chi connectivity index (χ0v) is 22.6. The molecule has 0 aliphatic rings. The van der Waals surface area contributed by atoms with Crippen LogP contribution < -0.4 is 0 Å². The van der Waals surface area contributed by atoms with E-state index in [0.29, 0.717) is 5.69 Å². The van der Waals surface area contributed by atoms with E-state index in [2.05, 4.69) is 101 Å². The van der Waals surface area contributed by atoms with Crippen molar-refractivity contribution in [1.82, 2.24) is 9.97 Å². The predicted octanol–water partition coefficient (Wildman–Crippen LogP) is 10.6. The first-order valence-electron chi connectivity index (χ1n) is 13.9. The van der Waals surface area contributed by atoms with E-state index >= 15 is 0 Å². The second kappa shape index (κ2) is 9.66. The van der Waals surface area contributed by atoms with Crippen molar-refractivity contribution in [2.45, 2.75) is 0 Å². The molecule has 42 heavy (non-hydrogen) atoms. The van der Waals surface area contributed by atoms with E-state index in [1.807, 2.05) is 42.6 Å². The fourth-order valence-corrected chi connectivity index (χ4v) is 6.15. The average molecular weight is 534 g/mol. The number of aromatic nitrogens is 2. The summed E-state index contributed by atoms with van der Waals surface area (Å²) in [6, 6.07) is 44.4.